The second-order valence-electron chi connectivity index (χ2n) is 8.67. The van der Waals surface area contributed by atoms with Gasteiger partial charge in [-0.05, 0) is 54.5 Å². The molecule has 35 heavy (non-hydrogen) atoms. The van der Waals surface area contributed by atoms with Crippen LogP contribution in [-0.2, 0) is 0 Å². The molecule has 3 heteroatoms. The number of carbonyl (C=O) groups is 1. The van der Waals surface area contributed by atoms with Gasteiger partial charge in [0.2, 0.25) is 5.78 Å². The fourth-order valence-electron chi connectivity index (χ4n) is 4.59. The van der Waals surface area contributed by atoms with Gasteiger partial charge < -0.3 is 4.57 Å². The lowest BCUT2D eigenvalue weighted by Crippen LogP contribution is -2.00. The molecule has 0 bridgehead atoms. The first kappa shape index (κ1) is 21.5. The Hall–Kier alpha value is -4.08. The van der Waals surface area contributed by atoms with E-state index in [9.17, 15) is 4.79 Å². The minimum absolute atomic E-state index is 0.0916. The van der Waals surface area contributed by atoms with Gasteiger partial charge in [0.25, 0.3) is 0 Å². The minimum atomic E-state index is 0.0916. The van der Waals surface area contributed by atoms with Crippen molar-refractivity contribution >= 4 is 23.6 Å². The predicted octanol–water partition coefficient (Wildman–Crippen LogP) is 8.45. The largest absolute Gasteiger partial charge is 0.309 e. The number of Topliss-reactive ketones (excluding diaryl/α,β-unsaturated/α-hetero) is 1. The zero-order valence-electron chi connectivity index (χ0n) is 19.3. The van der Waals surface area contributed by atoms with E-state index in [-0.39, 0.29) is 5.78 Å². The summed E-state index contributed by atoms with van der Waals surface area (Å²) in [6.07, 6.45) is 2.06. The molecule has 4 aromatic carbocycles. The Morgan fingerprint density at radius 2 is 1.34 bits per heavy atom. The molecule has 0 atom stereocenters. The third-order valence-corrected chi connectivity index (χ3v) is 7.40. The van der Waals surface area contributed by atoms with Gasteiger partial charge in [-0.3, -0.25) is 4.79 Å². The molecule has 0 unspecified atom stereocenters. The molecule has 1 aromatic heterocycles. The number of rotatable bonds is 4. The van der Waals surface area contributed by atoms with Crippen LogP contribution >= 0.6 is 11.8 Å². The van der Waals surface area contributed by atoms with E-state index >= 15 is 0 Å². The molecule has 0 saturated heterocycles. The van der Waals surface area contributed by atoms with Crippen LogP contribution in [0.5, 0.6) is 0 Å². The summed E-state index contributed by atoms with van der Waals surface area (Å²) in [6.45, 7) is 2.10. The Morgan fingerprint density at radius 1 is 0.714 bits per heavy atom. The highest BCUT2D eigenvalue weighted by molar-refractivity contribution is 8.04. The van der Waals surface area contributed by atoms with Gasteiger partial charge in [0.1, 0.15) is 0 Å². The topological polar surface area (TPSA) is 22.0 Å². The van der Waals surface area contributed by atoms with Gasteiger partial charge in [0, 0.05) is 21.7 Å². The maximum Gasteiger partial charge on any atom is 0.200 e. The van der Waals surface area contributed by atoms with Gasteiger partial charge in [-0.1, -0.05) is 102 Å². The van der Waals surface area contributed by atoms with E-state index in [4.69, 9.17) is 0 Å². The first-order chi connectivity index (χ1) is 17.2. The second kappa shape index (κ2) is 8.94. The number of ketones is 1. The number of aryl methyl sites for hydroxylation is 1. The first-order valence-electron chi connectivity index (χ1n) is 11.7. The number of benzene rings is 4. The van der Waals surface area contributed by atoms with Gasteiger partial charge in [-0.2, -0.15) is 0 Å². The summed E-state index contributed by atoms with van der Waals surface area (Å²) in [5, 5.41) is 0. The maximum absolute atomic E-state index is 13.2. The minimum Gasteiger partial charge on any atom is -0.309 e. The molecule has 0 saturated carbocycles. The number of hydrogen-bond donors (Lipinski definition) is 0. The standard InChI is InChI=1S/C32H23NOS/c1-22-16-18-26(19-17-22)33-28(23-10-4-2-5-11-23)20-25(31(33)24-12-6-3-7-13-24)21-30-32(34)27-14-8-9-15-29(27)35-30/h2-21H,1H3/b30-21-. The van der Waals surface area contributed by atoms with Crippen molar-refractivity contribution in [2.75, 3.05) is 0 Å². The number of allylic oxidation sites excluding steroid dienone is 1. The van der Waals surface area contributed by atoms with Gasteiger partial charge >= 0.3 is 0 Å². The van der Waals surface area contributed by atoms with Crippen molar-refractivity contribution in [3.8, 4) is 28.2 Å². The van der Waals surface area contributed by atoms with Crippen LogP contribution in [0, 0.1) is 6.92 Å². The summed E-state index contributed by atoms with van der Waals surface area (Å²) < 4.78 is 2.31. The quantitative estimate of drug-likeness (QED) is 0.246. The molecule has 0 N–H and O–H groups in total. The summed E-state index contributed by atoms with van der Waals surface area (Å²) in [7, 11) is 0. The predicted molar refractivity (Wildman–Crippen MR) is 146 cm³/mol. The van der Waals surface area contributed by atoms with E-state index in [0.29, 0.717) is 0 Å². The summed E-state index contributed by atoms with van der Waals surface area (Å²) in [5.74, 6) is 0.0916. The molecule has 5 aromatic rings. The number of carbonyl (C=O) groups excluding carboxylic acids is 1. The lowest BCUT2D eigenvalue weighted by Gasteiger charge is -2.15. The highest BCUT2D eigenvalue weighted by Gasteiger charge is 2.27. The third-order valence-electron chi connectivity index (χ3n) is 6.30. The zero-order valence-corrected chi connectivity index (χ0v) is 20.1. The van der Waals surface area contributed by atoms with Crippen LogP contribution in [-0.4, -0.2) is 10.4 Å². The van der Waals surface area contributed by atoms with E-state index in [1.807, 2.05) is 36.4 Å². The van der Waals surface area contributed by atoms with Crippen molar-refractivity contribution in [3.63, 3.8) is 0 Å². The van der Waals surface area contributed by atoms with Gasteiger partial charge in [0.05, 0.1) is 16.3 Å². The Labute approximate surface area is 209 Å². The zero-order chi connectivity index (χ0) is 23.8. The Morgan fingerprint density at radius 3 is 2.03 bits per heavy atom. The molecule has 0 radical (unpaired) electrons. The smallest absolute Gasteiger partial charge is 0.200 e. The summed E-state index contributed by atoms with van der Waals surface area (Å²) in [5.41, 5.74) is 8.52. The van der Waals surface area contributed by atoms with Crippen molar-refractivity contribution in [2.24, 2.45) is 0 Å². The third kappa shape index (κ3) is 3.94. The first-order valence-corrected chi connectivity index (χ1v) is 12.5. The van der Waals surface area contributed by atoms with Crippen molar-refractivity contribution in [1.29, 1.82) is 0 Å². The van der Waals surface area contributed by atoms with E-state index in [2.05, 4.69) is 96.4 Å². The van der Waals surface area contributed by atoms with Crippen molar-refractivity contribution in [1.82, 2.24) is 4.57 Å². The molecular formula is C32H23NOS. The van der Waals surface area contributed by atoms with Crippen LogP contribution in [0.15, 0.2) is 125 Å². The van der Waals surface area contributed by atoms with E-state index in [1.165, 1.54) is 5.56 Å². The molecule has 2 nitrogen and oxygen atoms in total. The van der Waals surface area contributed by atoms with Crippen LogP contribution in [0.2, 0.25) is 0 Å². The second-order valence-corrected chi connectivity index (χ2v) is 9.76. The lowest BCUT2D eigenvalue weighted by atomic mass is 10.1. The fraction of sp³-hybridized carbons (Fsp3) is 0.0312. The highest BCUT2D eigenvalue weighted by Crippen LogP contribution is 2.43. The van der Waals surface area contributed by atoms with Crippen LogP contribution in [0.25, 0.3) is 34.3 Å². The average molecular weight is 470 g/mol. The monoisotopic (exact) mass is 469 g/mol. The van der Waals surface area contributed by atoms with E-state index < -0.39 is 0 Å². The molecule has 168 valence electrons. The molecule has 0 spiro atoms. The average Bonchev–Trinajstić information content (AvgIpc) is 3.44. The summed E-state index contributed by atoms with van der Waals surface area (Å²) in [4.78, 5) is 15.0. The molecule has 1 aliphatic rings. The van der Waals surface area contributed by atoms with E-state index in [0.717, 1.165) is 49.1 Å². The van der Waals surface area contributed by atoms with Crippen molar-refractivity contribution in [2.45, 2.75) is 11.8 Å². The van der Waals surface area contributed by atoms with Gasteiger partial charge in [-0.15, -0.1) is 0 Å². The van der Waals surface area contributed by atoms with E-state index in [1.54, 1.807) is 11.8 Å². The molecule has 0 fully saturated rings. The van der Waals surface area contributed by atoms with Crippen LogP contribution < -0.4 is 0 Å². The van der Waals surface area contributed by atoms with Crippen molar-refractivity contribution in [3.05, 3.63) is 137 Å². The maximum atomic E-state index is 13.2. The summed E-state index contributed by atoms with van der Waals surface area (Å²) in [6, 6.07) is 39.5. The Balaban J connectivity index is 1.62. The van der Waals surface area contributed by atoms with Gasteiger partial charge in [0.15, 0.2) is 0 Å². The number of fused-ring (bicyclic) bond motifs is 1. The number of thioether (sulfide) groups is 1. The molecule has 2 heterocycles. The molecule has 6 rings (SSSR count). The highest BCUT2D eigenvalue weighted by atomic mass is 32.2. The van der Waals surface area contributed by atoms with Crippen LogP contribution in [0.4, 0.5) is 0 Å². The van der Waals surface area contributed by atoms with Gasteiger partial charge in [-0.25, -0.2) is 0 Å². The Kier molecular flexibility index (Phi) is 5.48. The Bertz CT molecular complexity index is 1560. The molecule has 0 amide bonds. The number of aromatic nitrogens is 1. The number of hydrogen-bond acceptors (Lipinski definition) is 2. The fourth-order valence-corrected chi connectivity index (χ4v) is 5.63. The SMILES string of the molecule is Cc1ccc(-n2c(-c3ccccc3)cc(/C=C3\Sc4ccccc4C3=O)c2-c2ccccc2)cc1. The summed E-state index contributed by atoms with van der Waals surface area (Å²) >= 11 is 1.55. The number of nitrogens with zero attached hydrogens (tertiary/aromatic N) is 1. The lowest BCUT2D eigenvalue weighted by molar-refractivity contribution is 0.104. The normalized spacial score (nSPS) is 13.9. The van der Waals surface area contributed by atoms with Crippen LogP contribution in [0.3, 0.4) is 0 Å². The molecule has 0 aliphatic carbocycles. The van der Waals surface area contributed by atoms with Crippen molar-refractivity contribution < 1.29 is 4.79 Å². The van der Waals surface area contributed by atoms with Crippen LogP contribution in [0.1, 0.15) is 21.5 Å². The molecule has 1 aliphatic heterocycles. The molecular weight excluding hydrogens is 446 g/mol.